The number of fused-ring (bicyclic) bond motifs is 2. The van der Waals surface area contributed by atoms with Gasteiger partial charge in [0.05, 0.1) is 0 Å². The fourth-order valence-electron chi connectivity index (χ4n) is 8.11. The molecule has 0 N–H and O–H groups in total. The Hall–Kier alpha value is -7.42. The van der Waals surface area contributed by atoms with Crippen LogP contribution in [0.2, 0.25) is 0 Å². The summed E-state index contributed by atoms with van der Waals surface area (Å²) in [6.07, 6.45) is 0. The van der Waals surface area contributed by atoms with E-state index in [2.05, 4.69) is 218 Å². The zero-order chi connectivity index (χ0) is 38.1. The Balaban J connectivity index is 0.959. The summed E-state index contributed by atoms with van der Waals surface area (Å²) in [5, 5.41) is 3.60. The molecule has 1 aromatic heterocycles. The molecule has 0 saturated carbocycles. The van der Waals surface area contributed by atoms with Gasteiger partial charge in [0.25, 0.3) is 0 Å². The summed E-state index contributed by atoms with van der Waals surface area (Å²) < 4.78 is 6.29. The van der Waals surface area contributed by atoms with Gasteiger partial charge < -0.3 is 9.32 Å². The maximum Gasteiger partial charge on any atom is 0.138 e. The van der Waals surface area contributed by atoms with Crippen molar-refractivity contribution in [2.24, 2.45) is 0 Å². The molecule has 57 heavy (non-hydrogen) atoms. The first-order valence-corrected chi connectivity index (χ1v) is 19.5. The third kappa shape index (κ3) is 6.58. The van der Waals surface area contributed by atoms with Crippen LogP contribution in [0.3, 0.4) is 0 Å². The first-order chi connectivity index (χ1) is 28.2. The van der Waals surface area contributed by atoms with E-state index in [-0.39, 0.29) is 0 Å². The minimum atomic E-state index is 0.921. The summed E-state index contributed by atoms with van der Waals surface area (Å²) in [6.45, 7) is 2.14. The molecule has 0 atom stereocenters. The van der Waals surface area contributed by atoms with Crippen molar-refractivity contribution in [1.82, 2.24) is 0 Å². The molecular weight excluding hydrogens is 691 g/mol. The van der Waals surface area contributed by atoms with Crippen molar-refractivity contribution >= 4 is 38.8 Å². The van der Waals surface area contributed by atoms with Crippen molar-refractivity contribution in [2.75, 3.05) is 4.90 Å². The Labute approximate surface area is 333 Å². The lowest BCUT2D eigenvalue weighted by atomic mass is 9.94. The molecule has 0 bridgehead atoms. The number of aryl methyl sites for hydroxylation is 1. The van der Waals surface area contributed by atoms with E-state index in [1.54, 1.807) is 0 Å². The number of benzene rings is 9. The Bertz CT molecular complexity index is 2990. The van der Waals surface area contributed by atoms with Crippen LogP contribution < -0.4 is 4.90 Å². The molecule has 0 aliphatic rings. The average Bonchev–Trinajstić information content (AvgIpc) is 3.63. The molecule has 0 radical (unpaired) electrons. The first kappa shape index (κ1) is 34.1. The summed E-state index contributed by atoms with van der Waals surface area (Å²) >= 11 is 0. The molecule has 2 heteroatoms. The number of hydrogen-bond acceptors (Lipinski definition) is 2. The molecule has 0 amide bonds. The van der Waals surface area contributed by atoms with E-state index in [9.17, 15) is 0 Å². The smallest absolute Gasteiger partial charge is 0.138 e. The zero-order valence-corrected chi connectivity index (χ0v) is 31.6. The summed E-state index contributed by atoms with van der Waals surface area (Å²) in [5.41, 5.74) is 16.0. The Morgan fingerprint density at radius 3 is 1.51 bits per heavy atom. The van der Waals surface area contributed by atoms with Gasteiger partial charge in [-0.3, -0.25) is 0 Å². The minimum absolute atomic E-state index is 0.921. The molecular formula is C55H39NO. The van der Waals surface area contributed by atoms with Gasteiger partial charge in [-0.2, -0.15) is 0 Å². The van der Waals surface area contributed by atoms with Crippen LogP contribution in [-0.2, 0) is 0 Å². The molecule has 270 valence electrons. The van der Waals surface area contributed by atoms with Crippen molar-refractivity contribution in [3.05, 3.63) is 224 Å². The molecule has 0 spiro atoms. The molecule has 0 aliphatic heterocycles. The van der Waals surface area contributed by atoms with Crippen LogP contribution in [0.25, 0.3) is 77.6 Å². The number of furan rings is 1. The van der Waals surface area contributed by atoms with Crippen LogP contribution in [0, 0.1) is 6.92 Å². The van der Waals surface area contributed by atoms with Crippen LogP contribution >= 0.6 is 0 Å². The third-order valence-corrected chi connectivity index (χ3v) is 11.1. The zero-order valence-electron chi connectivity index (χ0n) is 31.6. The van der Waals surface area contributed by atoms with Crippen LogP contribution in [0.1, 0.15) is 5.56 Å². The fourth-order valence-corrected chi connectivity index (χ4v) is 8.11. The quantitative estimate of drug-likeness (QED) is 0.155. The predicted molar refractivity (Wildman–Crippen MR) is 240 cm³/mol. The van der Waals surface area contributed by atoms with E-state index in [0.29, 0.717) is 0 Å². The van der Waals surface area contributed by atoms with Gasteiger partial charge in [-0.15, -0.1) is 0 Å². The highest BCUT2D eigenvalue weighted by atomic mass is 16.3. The lowest BCUT2D eigenvalue weighted by molar-refractivity contribution is 0.629. The maximum atomic E-state index is 6.29. The van der Waals surface area contributed by atoms with Crippen molar-refractivity contribution in [3.8, 4) is 55.8 Å². The second kappa shape index (κ2) is 14.7. The molecule has 10 rings (SSSR count). The normalized spacial score (nSPS) is 11.2. The summed E-state index contributed by atoms with van der Waals surface area (Å²) in [7, 11) is 0. The molecule has 0 unspecified atom stereocenters. The summed E-state index contributed by atoms with van der Waals surface area (Å²) in [4.78, 5) is 2.35. The molecule has 0 aliphatic carbocycles. The highest BCUT2D eigenvalue weighted by Crippen LogP contribution is 2.40. The van der Waals surface area contributed by atoms with Gasteiger partial charge in [0.1, 0.15) is 11.3 Å². The SMILES string of the molecule is Cc1c(-c2cccc(-c3ccc(-c4ccc(N(c5ccc(-c6ccccc6-c6ccccc6)cc5)c5ccc6ccccc6c5)cc4)cc3)c2)oc2ccccc12. The number of para-hydroxylation sites is 1. The van der Waals surface area contributed by atoms with Gasteiger partial charge in [0.15, 0.2) is 0 Å². The van der Waals surface area contributed by atoms with Crippen LogP contribution in [0.15, 0.2) is 223 Å². The van der Waals surface area contributed by atoms with Crippen LogP contribution in [0.5, 0.6) is 0 Å². The Morgan fingerprint density at radius 2 is 0.825 bits per heavy atom. The lowest BCUT2D eigenvalue weighted by Gasteiger charge is -2.26. The van der Waals surface area contributed by atoms with Gasteiger partial charge in [-0.1, -0.05) is 170 Å². The average molecular weight is 730 g/mol. The van der Waals surface area contributed by atoms with E-state index in [1.807, 2.05) is 12.1 Å². The third-order valence-electron chi connectivity index (χ3n) is 11.1. The van der Waals surface area contributed by atoms with E-state index in [1.165, 1.54) is 55.3 Å². The molecule has 1 heterocycles. The monoisotopic (exact) mass is 729 g/mol. The van der Waals surface area contributed by atoms with Gasteiger partial charge in [0, 0.05) is 33.6 Å². The van der Waals surface area contributed by atoms with Gasteiger partial charge in [0.2, 0.25) is 0 Å². The van der Waals surface area contributed by atoms with Gasteiger partial charge >= 0.3 is 0 Å². The molecule has 0 saturated heterocycles. The van der Waals surface area contributed by atoms with Crippen LogP contribution in [0.4, 0.5) is 17.1 Å². The maximum absolute atomic E-state index is 6.29. The Kier molecular flexibility index (Phi) is 8.78. The van der Waals surface area contributed by atoms with E-state index >= 15 is 0 Å². The second-order valence-electron chi connectivity index (χ2n) is 14.6. The topological polar surface area (TPSA) is 16.4 Å². The number of nitrogens with zero attached hydrogens (tertiary/aromatic N) is 1. The largest absolute Gasteiger partial charge is 0.456 e. The van der Waals surface area contributed by atoms with Gasteiger partial charge in [-0.05, 0) is 111 Å². The van der Waals surface area contributed by atoms with E-state index in [0.717, 1.165) is 44.9 Å². The fraction of sp³-hybridized carbons (Fsp3) is 0.0182. The first-order valence-electron chi connectivity index (χ1n) is 19.5. The highest BCUT2D eigenvalue weighted by Gasteiger charge is 2.16. The van der Waals surface area contributed by atoms with E-state index < -0.39 is 0 Å². The molecule has 9 aromatic carbocycles. The van der Waals surface area contributed by atoms with Crippen molar-refractivity contribution in [2.45, 2.75) is 6.92 Å². The van der Waals surface area contributed by atoms with Crippen molar-refractivity contribution in [3.63, 3.8) is 0 Å². The van der Waals surface area contributed by atoms with Crippen LogP contribution in [-0.4, -0.2) is 0 Å². The van der Waals surface area contributed by atoms with Gasteiger partial charge in [-0.25, -0.2) is 0 Å². The standard InChI is InChI=1S/C55H39NO/c1-38-51-18-9-10-21-54(51)57-55(38)47-17-11-16-45(36-47)42-24-22-40(23-25-42)41-26-31-48(32-27-41)56(50-35-28-39-12-5-6-15-46(39)37-50)49-33-29-44(30-34-49)53-20-8-7-19-52(53)43-13-3-2-4-14-43/h2-37H,1H3. The summed E-state index contributed by atoms with van der Waals surface area (Å²) in [5.74, 6) is 0.928. The molecule has 0 fully saturated rings. The lowest BCUT2D eigenvalue weighted by Crippen LogP contribution is -2.09. The van der Waals surface area contributed by atoms with Crippen molar-refractivity contribution in [1.29, 1.82) is 0 Å². The Morgan fingerprint density at radius 1 is 0.333 bits per heavy atom. The predicted octanol–water partition coefficient (Wildman–Crippen LogP) is 15.7. The minimum Gasteiger partial charge on any atom is -0.456 e. The summed E-state index contributed by atoms with van der Waals surface area (Å²) in [6, 6.07) is 78.2. The van der Waals surface area contributed by atoms with Crippen molar-refractivity contribution < 1.29 is 4.42 Å². The number of hydrogen-bond donors (Lipinski definition) is 0. The molecule has 10 aromatic rings. The highest BCUT2D eigenvalue weighted by molar-refractivity contribution is 5.91. The number of rotatable bonds is 8. The second-order valence-corrected chi connectivity index (χ2v) is 14.6. The number of anilines is 3. The molecule has 2 nitrogen and oxygen atoms in total. The van der Waals surface area contributed by atoms with E-state index in [4.69, 9.17) is 4.42 Å².